The maximum atomic E-state index is 9.17. The van der Waals surface area contributed by atoms with E-state index in [1.807, 2.05) is 19.9 Å². The molecule has 0 aliphatic heterocycles. The van der Waals surface area contributed by atoms with Crippen LogP contribution in [0.4, 0.5) is 5.82 Å². The molecule has 2 N–H and O–H groups in total. The third-order valence-electron chi connectivity index (χ3n) is 2.61. The molecule has 2 rings (SSSR count). The lowest BCUT2D eigenvalue weighted by molar-refractivity contribution is 0.402. The number of benzene rings is 1. The summed E-state index contributed by atoms with van der Waals surface area (Å²) in [5.41, 5.74) is 7.59. The third kappa shape index (κ3) is 3.11. The Bertz CT molecular complexity index is 701. The molecule has 0 aliphatic rings. The van der Waals surface area contributed by atoms with Gasteiger partial charge in [0.15, 0.2) is 5.69 Å². The molecular formula is C13H12Cl2N4OS. The highest BCUT2D eigenvalue weighted by Gasteiger charge is 2.21. The summed E-state index contributed by atoms with van der Waals surface area (Å²) in [6.45, 7) is 4.20. The molecule has 5 nitrogen and oxygen atoms in total. The van der Waals surface area contributed by atoms with E-state index in [1.54, 1.807) is 12.1 Å². The van der Waals surface area contributed by atoms with Crippen LogP contribution >= 0.6 is 35.2 Å². The van der Waals surface area contributed by atoms with Gasteiger partial charge in [0.25, 0.3) is 0 Å². The average Bonchev–Trinajstić information content (AvgIpc) is 2.72. The third-order valence-corrected chi connectivity index (χ3v) is 4.11. The maximum absolute atomic E-state index is 9.17. The van der Waals surface area contributed by atoms with Crippen molar-refractivity contribution in [3.05, 3.63) is 33.4 Å². The first kappa shape index (κ1) is 16.0. The van der Waals surface area contributed by atoms with Crippen LogP contribution in [-0.4, -0.2) is 16.4 Å². The Kier molecular flexibility index (Phi) is 5.01. The highest BCUT2D eigenvalue weighted by molar-refractivity contribution is 7.94. The van der Waals surface area contributed by atoms with Gasteiger partial charge in [0.05, 0.1) is 16.7 Å². The van der Waals surface area contributed by atoms with Gasteiger partial charge in [-0.25, -0.2) is 4.68 Å². The van der Waals surface area contributed by atoms with Crippen LogP contribution in [0, 0.1) is 18.3 Å². The molecule has 0 amide bonds. The fraction of sp³-hybridized carbons (Fsp3) is 0.231. The molecule has 1 aromatic carbocycles. The van der Waals surface area contributed by atoms with Gasteiger partial charge in [0.1, 0.15) is 22.5 Å². The molecule has 0 atom stereocenters. The van der Waals surface area contributed by atoms with E-state index >= 15 is 0 Å². The van der Waals surface area contributed by atoms with Gasteiger partial charge in [-0.15, -0.1) is 0 Å². The number of aromatic nitrogens is 2. The van der Waals surface area contributed by atoms with Crippen molar-refractivity contribution in [3.63, 3.8) is 0 Å². The number of anilines is 1. The fourth-order valence-corrected chi connectivity index (χ4v) is 3.08. The summed E-state index contributed by atoms with van der Waals surface area (Å²) >= 11 is 13.5. The summed E-state index contributed by atoms with van der Waals surface area (Å²) in [6, 6.07) is 5.50. The van der Waals surface area contributed by atoms with E-state index in [0.29, 0.717) is 27.2 Å². The second-order valence-corrected chi connectivity index (χ2v) is 5.78. The summed E-state index contributed by atoms with van der Waals surface area (Å²) in [5, 5.41) is 14.2. The van der Waals surface area contributed by atoms with Crippen LogP contribution < -0.4 is 5.73 Å². The van der Waals surface area contributed by atoms with Crippen LogP contribution in [0.2, 0.25) is 10.0 Å². The van der Waals surface area contributed by atoms with Crippen molar-refractivity contribution in [2.75, 3.05) is 12.3 Å². The molecule has 1 heterocycles. The number of hydrogen-bond acceptors (Lipinski definition) is 5. The Morgan fingerprint density at radius 1 is 1.43 bits per heavy atom. The van der Waals surface area contributed by atoms with Gasteiger partial charge in [-0.2, -0.15) is 10.4 Å². The Morgan fingerprint density at radius 2 is 2.05 bits per heavy atom. The van der Waals surface area contributed by atoms with Crippen LogP contribution in [0.15, 0.2) is 17.0 Å². The topological polar surface area (TPSA) is 76.9 Å². The summed E-state index contributed by atoms with van der Waals surface area (Å²) in [4.78, 5) is 0.451. The predicted molar refractivity (Wildman–Crippen MR) is 84.9 cm³/mol. The number of aryl methyl sites for hydroxylation is 1. The summed E-state index contributed by atoms with van der Waals surface area (Å²) < 4.78 is 6.60. The molecule has 0 saturated carbocycles. The van der Waals surface area contributed by atoms with E-state index in [9.17, 15) is 0 Å². The Labute approximate surface area is 136 Å². The zero-order valence-corrected chi connectivity index (χ0v) is 13.7. The lowest BCUT2D eigenvalue weighted by Gasteiger charge is -2.10. The number of nitrogens with zero attached hydrogens (tertiary/aromatic N) is 3. The lowest BCUT2D eigenvalue weighted by Crippen LogP contribution is -2.04. The minimum Gasteiger partial charge on any atom is -0.383 e. The highest BCUT2D eigenvalue weighted by atomic mass is 35.5. The zero-order chi connectivity index (χ0) is 15.6. The van der Waals surface area contributed by atoms with Crippen molar-refractivity contribution in [1.82, 2.24) is 9.78 Å². The largest absolute Gasteiger partial charge is 0.383 e. The SMILES string of the molecule is CCOSc1c(C#N)nn(-c2c(Cl)cc(C)cc2Cl)c1N. The Balaban J connectivity index is 2.61. The molecule has 0 spiro atoms. The minimum absolute atomic E-state index is 0.165. The Morgan fingerprint density at radius 3 is 2.57 bits per heavy atom. The van der Waals surface area contributed by atoms with Crippen molar-refractivity contribution in [1.29, 1.82) is 5.26 Å². The molecule has 0 unspecified atom stereocenters. The molecule has 1 aromatic heterocycles. The van der Waals surface area contributed by atoms with Crippen LogP contribution in [0.3, 0.4) is 0 Å². The van der Waals surface area contributed by atoms with E-state index in [2.05, 4.69) is 5.10 Å². The average molecular weight is 343 g/mol. The van der Waals surface area contributed by atoms with Gasteiger partial charge >= 0.3 is 0 Å². The van der Waals surface area contributed by atoms with E-state index in [1.165, 1.54) is 4.68 Å². The molecule has 21 heavy (non-hydrogen) atoms. The van der Waals surface area contributed by atoms with Crippen molar-refractivity contribution < 1.29 is 4.18 Å². The van der Waals surface area contributed by atoms with E-state index in [4.69, 9.17) is 38.4 Å². The van der Waals surface area contributed by atoms with E-state index in [-0.39, 0.29) is 11.5 Å². The van der Waals surface area contributed by atoms with Crippen molar-refractivity contribution in [3.8, 4) is 11.8 Å². The molecule has 110 valence electrons. The van der Waals surface area contributed by atoms with Gasteiger partial charge < -0.3 is 9.92 Å². The zero-order valence-electron chi connectivity index (χ0n) is 11.4. The normalized spacial score (nSPS) is 10.6. The minimum atomic E-state index is 0.165. The van der Waals surface area contributed by atoms with E-state index < -0.39 is 0 Å². The van der Waals surface area contributed by atoms with Gasteiger partial charge in [0.2, 0.25) is 0 Å². The number of nitrogens with two attached hydrogens (primary N) is 1. The second kappa shape index (κ2) is 6.58. The summed E-state index contributed by atoms with van der Waals surface area (Å²) in [6.07, 6.45) is 0. The maximum Gasteiger partial charge on any atom is 0.181 e. The molecule has 0 bridgehead atoms. The molecule has 0 aliphatic carbocycles. The second-order valence-electron chi connectivity index (χ2n) is 4.15. The molecule has 0 radical (unpaired) electrons. The van der Waals surface area contributed by atoms with Crippen molar-refractivity contribution in [2.24, 2.45) is 0 Å². The van der Waals surface area contributed by atoms with Gasteiger partial charge in [0, 0.05) is 12.0 Å². The number of nitriles is 1. The number of rotatable bonds is 4. The van der Waals surface area contributed by atoms with Gasteiger partial charge in [-0.3, -0.25) is 0 Å². The summed E-state index contributed by atoms with van der Waals surface area (Å²) in [7, 11) is 0. The van der Waals surface area contributed by atoms with Crippen LogP contribution in [-0.2, 0) is 4.18 Å². The monoisotopic (exact) mass is 342 g/mol. The molecular weight excluding hydrogens is 331 g/mol. The number of nitrogen functional groups attached to an aromatic ring is 1. The van der Waals surface area contributed by atoms with Crippen molar-refractivity contribution >= 4 is 41.1 Å². The van der Waals surface area contributed by atoms with Crippen LogP contribution in [0.1, 0.15) is 18.2 Å². The lowest BCUT2D eigenvalue weighted by atomic mass is 10.2. The van der Waals surface area contributed by atoms with Crippen LogP contribution in [0.5, 0.6) is 0 Å². The number of halogens is 2. The smallest absolute Gasteiger partial charge is 0.181 e. The standard InChI is InChI=1S/C13H12Cl2N4OS/c1-3-20-21-12-10(6-16)18-19(13(12)17)11-8(14)4-7(2)5-9(11)15/h4-5H,3,17H2,1-2H3. The fourth-order valence-electron chi connectivity index (χ4n) is 1.75. The quantitative estimate of drug-likeness (QED) is 0.850. The predicted octanol–water partition coefficient (Wildman–Crippen LogP) is 3.99. The first-order valence-corrected chi connectivity index (χ1v) is 7.53. The first-order valence-electron chi connectivity index (χ1n) is 6.03. The first-order chi connectivity index (χ1) is 9.99. The molecule has 0 saturated heterocycles. The van der Waals surface area contributed by atoms with Gasteiger partial charge in [-0.1, -0.05) is 23.2 Å². The van der Waals surface area contributed by atoms with Crippen LogP contribution in [0.25, 0.3) is 5.69 Å². The van der Waals surface area contributed by atoms with Gasteiger partial charge in [-0.05, 0) is 31.5 Å². The number of hydrogen-bond donors (Lipinski definition) is 1. The molecule has 8 heteroatoms. The highest BCUT2D eigenvalue weighted by Crippen LogP contribution is 2.36. The van der Waals surface area contributed by atoms with Crippen molar-refractivity contribution in [2.45, 2.75) is 18.7 Å². The Hall–Kier alpha value is -1.39. The molecule has 2 aromatic rings. The molecule has 0 fully saturated rings. The summed E-state index contributed by atoms with van der Waals surface area (Å²) in [5.74, 6) is 0.262. The van der Waals surface area contributed by atoms with E-state index in [0.717, 1.165) is 17.6 Å².